The number of benzene rings is 1. The summed E-state index contributed by atoms with van der Waals surface area (Å²) in [5.74, 6) is -0.259. The second-order valence-corrected chi connectivity index (χ2v) is 8.36. The molecule has 0 aliphatic carbocycles. The van der Waals surface area contributed by atoms with E-state index in [2.05, 4.69) is 15.5 Å². The summed E-state index contributed by atoms with van der Waals surface area (Å²) in [5, 5.41) is 14.0. The lowest BCUT2D eigenvalue weighted by Crippen LogP contribution is -2.29. The number of anilines is 1. The van der Waals surface area contributed by atoms with Gasteiger partial charge in [-0.25, -0.2) is 0 Å². The Hall–Kier alpha value is -2.58. The second-order valence-electron chi connectivity index (χ2n) is 6.40. The Labute approximate surface area is 164 Å². The Morgan fingerprint density at radius 1 is 1.19 bits per heavy atom. The number of amides is 2. The quantitative estimate of drug-likeness (QED) is 0.717. The number of hydrogen-bond donors (Lipinski definition) is 1. The van der Waals surface area contributed by atoms with Crippen molar-refractivity contribution in [2.75, 3.05) is 11.9 Å². The van der Waals surface area contributed by atoms with Gasteiger partial charge in [-0.3, -0.25) is 9.59 Å². The molecule has 1 N–H and O–H groups in total. The SMILES string of the molecule is Cc1ccc(NC(=O)c2nnc(C3CCCN3C(=O)c3cccs3)s2)cc1. The maximum atomic E-state index is 12.7. The predicted octanol–water partition coefficient (Wildman–Crippen LogP) is 4.14. The lowest BCUT2D eigenvalue weighted by Gasteiger charge is -2.21. The third-order valence-corrected chi connectivity index (χ3v) is 6.36. The van der Waals surface area contributed by atoms with Crippen molar-refractivity contribution in [2.24, 2.45) is 0 Å². The summed E-state index contributed by atoms with van der Waals surface area (Å²) in [4.78, 5) is 27.7. The smallest absolute Gasteiger partial charge is 0.286 e. The van der Waals surface area contributed by atoms with Gasteiger partial charge in [0.15, 0.2) is 0 Å². The van der Waals surface area contributed by atoms with Crippen molar-refractivity contribution in [3.63, 3.8) is 0 Å². The van der Waals surface area contributed by atoms with Crippen LogP contribution < -0.4 is 5.32 Å². The molecule has 27 heavy (non-hydrogen) atoms. The number of likely N-dealkylation sites (tertiary alicyclic amines) is 1. The first-order chi connectivity index (χ1) is 13.1. The van der Waals surface area contributed by atoms with Crippen molar-refractivity contribution in [2.45, 2.75) is 25.8 Å². The number of aryl methyl sites for hydroxylation is 1. The van der Waals surface area contributed by atoms with Crippen LogP contribution in [0.2, 0.25) is 0 Å². The van der Waals surface area contributed by atoms with Gasteiger partial charge in [0.25, 0.3) is 11.8 Å². The number of rotatable bonds is 4. The molecule has 1 fully saturated rings. The van der Waals surface area contributed by atoms with Gasteiger partial charge in [-0.2, -0.15) is 0 Å². The van der Waals surface area contributed by atoms with Crippen molar-refractivity contribution < 1.29 is 9.59 Å². The number of nitrogens with zero attached hydrogens (tertiary/aromatic N) is 3. The van der Waals surface area contributed by atoms with Gasteiger partial charge in [0.05, 0.1) is 10.9 Å². The number of thiophene rings is 1. The highest BCUT2D eigenvalue weighted by molar-refractivity contribution is 7.13. The first-order valence-electron chi connectivity index (χ1n) is 8.68. The van der Waals surface area contributed by atoms with E-state index in [1.165, 1.54) is 22.7 Å². The van der Waals surface area contributed by atoms with Crippen LogP contribution in [0.1, 0.15) is 48.9 Å². The maximum Gasteiger partial charge on any atom is 0.286 e. The van der Waals surface area contributed by atoms with Crippen LogP contribution in [0.15, 0.2) is 41.8 Å². The molecule has 1 aliphatic rings. The molecule has 1 unspecified atom stereocenters. The third kappa shape index (κ3) is 3.77. The topological polar surface area (TPSA) is 75.2 Å². The number of aromatic nitrogens is 2. The van der Waals surface area contributed by atoms with Gasteiger partial charge in [-0.15, -0.1) is 21.5 Å². The van der Waals surface area contributed by atoms with Crippen LogP contribution in [0, 0.1) is 6.92 Å². The van der Waals surface area contributed by atoms with Gasteiger partial charge in [-0.05, 0) is 43.3 Å². The fourth-order valence-corrected chi connectivity index (χ4v) is 4.66. The van der Waals surface area contributed by atoms with E-state index in [0.717, 1.165) is 29.0 Å². The zero-order valence-electron chi connectivity index (χ0n) is 14.7. The van der Waals surface area contributed by atoms with E-state index in [0.29, 0.717) is 16.6 Å². The van der Waals surface area contributed by atoms with E-state index in [1.54, 1.807) is 0 Å². The van der Waals surface area contributed by atoms with Gasteiger partial charge < -0.3 is 10.2 Å². The van der Waals surface area contributed by atoms with Crippen LogP contribution in [0.3, 0.4) is 0 Å². The highest BCUT2D eigenvalue weighted by Gasteiger charge is 2.34. The summed E-state index contributed by atoms with van der Waals surface area (Å²) in [6.07, 6.45) is 1.76. The molecule has 4 rings (SSSR count). The number of carbonyl (C=O) groups is 2. The highest BCUT2D eigenvalue weighted by atomic mass is 32.1. The number of nitrogens with one attached hydrogen (secondary N) is 1. The van der Waals surface area contributed by atoms with Crippen molar-refractivity contribution >= 4 is 40.2 Å². The van der Waals surface area contributed by atoms with Gasteiger partial charge in [0.2, 0.25) is 5.01 Å². The van der Waals surface area contributed by atoms with Gasteiger partial charge in [0.1, 0.15) is 5.01 Å². The van der Waals surface area contributed by atoms with Crippen LogP contribution in [-0.4, -0.2) is 33.5 Å². The Bertz CT molecular complexity index is 951. The van der Waals surface area contributed by atoms with Gasteiger partial charge in [-0.1, -0.05) is 35.1 Å². The molecule has 1 saturated heterocycles. The lowest BCUT2D eigenvalue weighted by atomic mass is 10.2. The predicted molar refractivity (Wildman–Crippen MR) is 106 cm³/mol. The Morgan fingerprint density at radius 3 is 2.74 bits per heavy atom. The standard InChI is InChI=1S/C19H18N4O2S2/c1-12-6-8-13(9-7-12)20-16(24)18-22-21-17(27-18)14-4-2-10-23(14)19(25)15-5-3-11-26-15/h3,5-9,11,14H,2,4,10H2,1H3,(H,20,24). The third-order valence-electron chi connectivity index (χ3n) is 4.47. The summed E-state index contributed by atoms with van der Waals surface area (Å²) in [7, 11) is 0. The summed E-state index contributed by atoms with van der Waals surface area (Å²) in [6.45, 7) is 2.69. The minimum Gasteiger partial charge on any atom is -0.328 e. The highest BCUT2D eigenvalue weighted by Crippen LogP contribution is 2.35. The van der Waals surface area contributed by atoms with Crippen molar-refractivity contribution in [1.29, 1.82) is 0 Å². The summed E-state index contributed by atoms with van der Waals surface area (Å²) < 4.78 is 0. The zero-order valence-corrected chi connectivity index (χ0v) is 16.3. The number of hydrogen-bond acceptors (Lipinski definition) is 6. The first-order valence-corrected chi connectivity index (χ1v) is 10.4. The molecule has 0 radical (unpaired) electrons. The van der Waals surface area contributed by atoms with E-state index in [-0.39, 0.29) is 17.9 Å². The number of carbonyl (C=O) groups excluding carboxylic acids is 2. The Balaban J connectivity index is 1.48. The molecule has 0 spiro atoms. The van der Waals surface area contributed by atoms with Gasteiger partial charge in [0, 0.05) is 12.2 Å². The molecule has 6 nitrogen and oxygen atoms in total. The molecule has 2 amide bonds. The van der Waals surface area contributed by atoms with Crippen LogP contribution in [0.25, 0.3) is 0 Å². The second kappa shape index (κ2) is 7.58. The molecule has 138 valence electrons. The van der Waals surface area contributed by atoms with Crippen molar-refractivity contribution in [3.8, 4) is 0 Å². The molecule has 3 aromatic rings. The Morgan fingerprint density at radius 2 is 2.00 bits per heavy atom. The minimum absolute atomic E-state index is 0.0216. The van der Waals surface area contributed by atoms with Crippen LogP contribution in [0.5, 0.6) is 0 Å². The largest absolute Gasteiger partial charge is 0.328 e. The molecular formula is C19H18N4O2S2. The lowest BCUT2D eigenvalue weighted by molar-refractivity contribution is 0.0740. The molecule has 0 bridgehead atoms. The molecule has 1 atom stereocenters. The van der Waals surface area contributed by atoms with E-state index in [9.17, 15) is 9.59 Å². The van der Waals surface area contributed by atoms with Crippen molar-refractivity contribution in [3.05, 3.63) is 62.2 Å². The Kier molecular flexibility index (Phi) is 5.00. The van der Waals surface area contributed by atoms with Gasteiger partial charge >= 0.3 is 0 Å². The summed E-state index contributed by atoms with van der Waals surface area (Å²) >= 11 is 2.69. The molecular weight excluding hydrogens is 380 g/mol. The molecule has 1 aromatic carbocycles. The van der Waals surface area contributed by atoms with Crippen LogP contribution in [0.4, 0.5) is 5.69 Å². The van der Waals surface area contributed by atoms with E-state index >= 15 is 0 Å². The molecule has 8 heteroatoms. The maximum absolute atomic E-state index is 12.7. The average Bonchev–Trinajstić information content (AvgIpc) is 3.42. The zero-order chi connectivity index (χ0) is 18.8. The summed E-state index contributed by atoms with van der Waals surface area (Å²) in [6, 6.07) is 11.2. The monoisotopic (exact) mass is 398 g/mol. The van der Waals surface area contributed by atoms with Crippen LogP contribution in [-0.2, 0) is 0 Å². The fraction of sp³-hybridized carbons (Fsp3) is 0.263. The van der Waals surface area contributed by atoms with E-state index in [1.807, 2.05) is 53.6 Å². The molecule has 3 heterocycles. The molecule has 2 aromatic heterocycles. The van der Waals surface area contributed by atoms with E-state index < -0.39 is 0 Å². The molecule has 0 saturated carbocycles. The normalized spacial score (nSPS) is 16.5. The van der Waals surface area contributed by atoms with E-state index in [4.69, 9.17) is 0 Å². The first kappa shape index (κ1) is 17.8. The molecule has 1 aliphatic heterocycles. The average molecular weight is 399 g/mol. The van der Waals surface area contributed by atoms with Crippen LogP contribution >= 0.6 is 22.7 Å². The van der Waals surface area contributed by atoms with Crippen molar-refractivity contribution in [1.82, 2.24) is 15.1 Å². The fourth-order valence-electron chi connectivity index (χ4n) is 3.09. The summed E-state index contributed by atoms with van der Waals surface area (Å²) in [5.41, 5.74) is 1.85. The minimum atomic E-state index is -0.281.